The molecule has 0 radical (unpaired) electrons. The molecule has 11 heavy (non-hydrogen) atoms. The van der Waals surface area contributed by atoms with E-state index in [2.05, 4.69) is 0 Å². The number of carboxylic acids is 1. The standard InChI is InChI=1S/C5H6N2O4/c1-5(2-6,3(8)9)7-4(10)11/h7H,1H3,(H,8,9)(H,10,11)/p-1. The van der Waals surface area contributed by atoms with Crippen molar-refractivity contribution in [3.63, 3.8) is 0 Å². The van der Waals surface area contributed by atoms with Gasteiger partial charge in [-0.25, -0.2) is 4.79 Å². The molecule has 0 bridgehead atoms. The Hall–Kier alpha value is -1.77. The van der Waals surface area contributed by atoms with Crippen molar-refractivity contribution in [1.29, 1.82) is 5.26 Å². The number of nitrogens with one attached hydrogen (secondary N) is 1. The fourth-order valence-electron chi connectivity index (χ4n) is 0.338. The first-order chi connectivity index (χ1) is 4.92. The lowest BCUT2D eigenvalue weighted by atomic mass is 10.1. The van der Waals surface area contributed by atoms with Gasteiger partial charge in [0.2, 0.25) is 0 Å². The molecule has 1 atom stereocenters. The topological polar surface area (TPSA) is 113 Å². The van der Waals surface area contributed by atoms with Crippen LogP contribution in [0.2, 0.25) is 0 Å². The van der Waals surface area contributed by atoms with Gasteiger partial charge in [0, 0.05) is 0 Å². The number of nitrogens with zero attached hydrogens (tertiary/aromatic N) is 1. The van der Waals surface area contributed by atoms with Crippen LogP contribution in [-0.4, -0.2) is 22.7 Å². The van der Waals surface area contributed by atoms with E-state index in [1.807, 2.05) is 0 Å². The van der Waals surface area contributed by atoms with Crippen LogP contribution < -0.4 is 10.4 Å². The van der Waals surface area contributed by atoms with Gasteiger partial charge < -0.3 is 15.0 Å². The lowest BCUT2D eigenvalue weighted by molar-refractivity contribution is -0.311. The Kier molecular flexibility index (Phi) is 2.41. The molecule has 2 N–H and O–H groups in total. The third kappa shape index (κ3) is 2.14. The number of hydrogen-bond donors (Lipinski definition) is 2. The first kappa shape index (κ1) is 9.23. The first-order valence-corrected chi connectivity index (χ1v) is 2.56. The lowest BCUT2D eigenvalue weighted by Crippen LogP contribution is -2.56. The summed E-state index contributed by atoms with van der Waals surface area (Å²) in [6, 6.07) is 1.26. The fraction of sp³-hybridized carbons (Fsp3) is 0.400. The van der Waals surface area contributed by atoms with Gasteiger partial charge in [-0.15, -0.1) is 0 Å². The highest BCUT2D eigenvalue weighted by Crippen LogP contribution is 1.98. The number of carbonyl (C=O) groups is 2. The molecule has 1 amide bonds. The van der Waals surface area contributed by atoms with E-state index in [-0.39, 0.29) is 0 Å². The molecule has 6 heteroatoms. The zero-order valence-corrected chi connectivity index (χ0v) is 5.62. The van der Waals surface area contributed by atoms with Gasteiger partial charge in [0.25, 0.3) is 0 Å². The van der Waals surface area contributed by atoms with E-state index < -0.39 is 17.6 Å². The molecule has 0 rings (SSSR count). The van der Waals surface area contributed by atoms with Crippen LogP contribution in [0.15, 0.2) is 0 Å². The summed E-state index contributed by atoms with van der Waals surface area (Å²) in [6.07, 6.45) is -1.58. The van der Waals surface area contributed by atoms with E-state index in [0.717, 1.165) is 6.92 Å². The molecule has 0 fully saturated rings. The smallest absolute Gasteiger partial charge is 0.406 e. The van der Waals surface area contributed by atoms with Gasteiger partial charge in [-0.1, -0.05) is 0 Å². The maximum absolute atomic E-state index is 10.1. The molecular formula is C5H5N2O4-. The summed E-state index contributed by atoms with van der Waals surface area (Å²) >= 11 is 0. The highest BCUT2D eigenvalue weighted by atomic mass is 16.4. The Morgan fingerprint density at radius 1 is 1.73 bits per heavy atom. The predicted molar refractivity (Wildman–Crippen MR) is 30.2 cm³/mol. The van der Waals surface area contributed by atoms with Gasteiger partial charge in [-0.3, -0.25) is 5.32 Å². The maximum atomic E-state index is 10.1. The third-order valence-corrected chi connectivity index (χ3v) is 0.989. The van der Waals surface area contributed by atoms with Crippen LogP contribution in [-0.2, 0) is 4.79 Å². The normalized spacial score (nSPS) is 14.2. The molecule has 0 aliphatic heterocycles. The Bertz CT molecular complexity index is 231. The molecular weight excluding hydrogens is 152 g/mol. The minimum absolute atomic E-state index is 0.899. The largest absolute Gasteiger partial charge is 0.546 e. The predicted octanol–water partition coefficient (Wildman–Crippen LogP) is -1.71. The van der Waals surface area contributed by atoms with Crippen molar-refractivity contribution in [2.24, 2.45) is 0 Å². The third-order valence-electron chi connectivity index (χ3n) is 0.989. The van der Waals surface area contributed by atoms with E-state index >= 15 is 0 Å². The molecule has 0 heterocycles. The number of carbonyl (C=O) groups excluding carboxylic acids is 1. The van der Waals surface area contributed by atoms with E-state index in [0.29, 0.717) is 0 Å². The van der Waals surface area contributed by atoms with Crippen LogP contribution in [0, 0.1) is 11.3 Å². The van der Waals surface area contributed by atoms with Crippen molar-refractivity contribution in [3.05, 3.63) is 0 Å². The number of carboxylic acid groups (broad SMARTS) is 2. The molecule has 0 aromatic heterocycles. The van der Waals surface area contributed by atoms with Crippen molar-refractivity contribution in [2.75, 3.05) is 0 Å². The summed E-state index contributed by atoms with van der Waals surface area (Å²) in [7, 11) is 0. The van der Waals surface area contributed by atoms with Crippen LogP contribution in [0.4, 0.5) is 4.79 Å². The average molecular weight is 157 g/mol. The van der Waals surface area contributed by atoms with Gasteiger partial charge in [0.1, 0.15) is 0 Å². The van der Waals surface area contributed by atoms with E-state index in [1.165, 1.54) is 11.4 Å². The van der Waals surface area contributed by atoms with Crippen molar-refractivity contribution in [1.82, 2.24) is 5.32 Å². The number of amides is 1. The summed E-state index contributed by atoms with van der Waals surface area (Å²) in [4.78, 5) is 20.1. The zero-order chi connectivity index (χ0) is 9.07. The van der Waals surface area contributed by atoms with Gasteiger partial charge in [-0.05, 0) is 6.92 Å². The highest BCUT2D eigenvalue weighted by molar-refractivity contribution is 5.85. The van der Waals surface area contributed by atoms with Crippen molar-refractivity contribution < 1.29 is 19.8 Å². The van der Waals surface area contributed by atoms with E-state index in [9.17, 15) is 14.7 Å². The lowest BCUT2D eigenvalue weighted by Gasteiger charge is -2.21. The molecule has 0 aliphatic rings. The Morgan fingerprint density at radius 3 is 2.27 bits per heavy atom. The number of hydrogen-bond acceptors (Lipinski definition) is 4. The van der Waals surface area contributed by atoms with Crippen LogP contribution in [0.5, 0.6) is 0 Å². The minimum atomic E-state index is -2.17. The van der Waals surface area contributed by atoms with Crippen LogP contribution in [0.1, 0.15) is 6.92 Å². The number of rotatable bonds is 2. The second-order valence-electron chi connectivity index (χ2n) is 1.95. The van der Waals surface area contributed by atoms with E-state index in [1.54, 1.807) is 0 Å². The summed E-state index contributed by atoms with van der Waals surface area (Å²) in [5.74, 6) is -1.78. The highest BCUT2D eigenvalue weighted by Gasteiger charge is 2.27. The molecule has 0 aromatic rings. The summed E-state index contributed by atoms with van der Waals surface area (Å²) < 4.78 is 0. The molecule has 1 unspecified atom stereocenters. The van der Waals surface area contributed by atoms with Gasteiger partial charge in [0.05, 0.1) is 12.0 Å². The fourth-order valence-corrected chi connectivity index (χ4v) is 0.338. The number of aliphatic carboxylic acids is 1. The second-order valence-corrected chi connectivity index (χ2v) is 1.95. The van der Waals surface area contributed by atoms with Crippen LogP contribution >= 0.6 is 0 Å². The minimum Gasteiger partial charge on any atom is -0.546 e. The summed E-state index contributed by atoms with van der Waals surface area (Å²) in [6.45, 7) is 0.899. The summed E-state index contributed by atoms with van der Waals surface area (Å²) in [5.41, 5.74) is -2.17. The van der Waals surface area contributed by atoms with Gasteiger partial charge >= 0.3 is 6.09 Å². The molecule has 0 saturated heterocycles. The van der Waals surface area contributed by atoms with Crippen LogP contribution in [0.3, 0.4) is 0 Å². The SMILES string of the molecule is CC(C#N)(NC(=O)O)C(=O)[O-]. The van der Waals surface area contributed by atoms with E-state index in [4.69, 9.17) is 10.4 Å². The van der Waals surface area contributed by atoms with Crippen LogP contribution in [0.25, 0.3) is 0 Å². The Labute approximate surface area is 62.1 Å². The quantitative estimate of drug-likeness (QED) is 0.495. The molecule has 6 nitrogen and oxygen atoms in total. The number of nitriles is 1. The molecule has 0 aromatic carbocycles. The summed E-state index contributed by atoms with van der Waals surface area (Å²) in [5, 5.41) is 27.9. The van der Waals surface area contributed by atoms with Gasteiger partial charge in [0.15, 0.2) is 5.54 Å². The average Bonchev–Trinajstić information content (AvgIpc) is 1.86. The molecule has 0 spiro atoms. The molecule has 0 saturated carbocycles. The Balaban J connectivity index is 4.51. The van der Waals surface area contributed by atoms with Crippen molar-refractivity contribution in [2.45, 2.75) is 12.5 Å². The monoisotopic (exact) mass is 157 g/mol. The second kappa shape index (κ2) is 2.88. The Morgan fingerprint density at radius 2 is 2.18 bits per heavy atom. The van der Waals surface area contributed by atoms with Crippen molar-refractivity contribution in [3.8, 4) is 6.07 Å². The molecule has 0 aliphatic carbocycles. The zero-order valence-electron chi connectivity index (χ0n) is 5.62. The van der Waals surface area contributed by atoms with Crippen molar-refractivity contribution >= 4 is 12.1 Å². The molecule has 60 valence electrons. The maximum Gasteiger partial charge on any atom is 0.406 e. The van der Waals surface area contributed by atoms with Gasteiger partial charge in [-0.2, -0.15) is 5.26 Å². The first-order valence-electron chi connectivity index (χ1n) is 2.56.